The molecule has 0 N–H and O–H groups in total. The SMILES string of the molecule is CC(=O)O[C@H]1CC[C@@]2(C)C(=CC[C@@H]3[C@@H]2CC[C@]2(C)/C(=N\C4CC4)CC[C@@H]32)C1. The van der Waals surface area contributed by atoms with Crippen molar-refractivity contribution >= 4 is 11.7 Å². The lowest BCUT2D eigenvalue weighted by Gasteiger charge is -2.57. The van der Waals surface area contributed by atoms with Crippen LogP contribution in [0.15, 0.2) is 16.6 Å². The fourth-order valence-electron chi connectivity index (χ4n) is 7.39. The molecule has 0 amide bonds. The second-order valence-corrected chi connectivity index (χ2v) is 10.5. The molecule has 0 spiro atoms. The van der Waals surface area contributed by atoms with E-state index in [-0.39, 0.29) is 12.1 Å². The van der Waals surface area contributed by atoms with Gasteiger partial charge in [0.25, 0.3) is 0 Å². The number of ether oxygens (including phenoxy) is 1. The van der Waals surface area contributed by atoms with E-state index in [1.165, 1.54) is 51.4 Å². The Morgan fingerprint density at radius 1 is 1.07 bits per heavy atom. The van der Waals surface area contributed by atoms with Gasteiger partial charge in [-0.2, -0.15) is 0 Å². The maximum Gasteiger partial charge on any atom is 0.302 e. The number of rotatable bonds is 2. The van der Waals surface area contributed by atoms with E-state index >= 15 is 0 Å². The van der Waals surface area contributed by atoms with Crippen LogP contribution in [-0.4, -0.2) is 23.8 Å². The molecule has 0 aliphatic heterocycles. The molecule has 0 saturated heterocycles. The van der Waals surface area contributed by atoms with Gasteiger partial charge in [-0.1, -0.05) is 25.5 Å². The van der Waals surface area contributed by atoms with E-state index in [2.05, 4.69) is 19.9 Å². The zero-order valence-corrected chi connectivity index (χ0v) is 17.3. The molecule has 0 radical (unpaired) electrons. The molecule has 0 aromatic carbocycles. The third-order valence-corrected chi connectivity index (χ3v) is 9.02. The Bertz CT molecular complexity index is 705. The fraction of sp³-hybridized carbons (Fsp3) is 0.833. The highest BCUT2D eigenvalue weighted by molar-refractivity contribution is 5.92. The number of nitrogens with zero attached hydrogens (tertiary/aromatic N) is 1. The first-order valence-electron chi connectivity index (χ1n) is 11.3. The quantitative estimate of drug-likeness (QED) is 0.477. The predicted octanol–water partition coefficient (Wildman–Crippen LogP) is 5.48. The Hall–Kier alpha value is -1.12. The summed E-state index contributed by atoms with van der Waals surface area (Å²) < 4.78 is 5.57. The monoisotopic (exact) mass is 369 g/mol. The van der Waals surface area contributed by atoms with Crippen LogP contribution in [0, 0.1) is 28.6 Å². The summed E-state index contributed by atoms with van der Waals surface area (Å²) in [6, 6.07) is 0.667. The molecule has 4 fully saturated rings. The minimum absolute atomic E-state index is 0.107. The Morgan fingerprint density at radius 3 is 2.56 bits per heavy atom. The molecule has 5 aliphatic carbocycles. The zero-order chi connectivity index (χ0) is 18.8. The van der Waals surface area contributed by atoms with Crippen molar-refractivity contribution in [2.75, 3.05) is 0 Å². The second kappa shape index (κ2) is 6.19. The molecule has 0 aromatic heterocycles. The average molecular weight is 370 g/mol. The first-order chi connectivity index (χ1) is 12.9. The summed E-state index contributed by atoms with van der Waals surface area (Å²) in [6.45, 7) is 6.61. The summed E-state index contributed by atoms with van der Waals surface area (Å²) in [5.41, 5.74) is 3.87. The van der Waals surface area contributed by atoms with Gasteiger partial charge >= 0.3 is 5.97 Å². The largest absolute Gasteiger partial charge is 0.462 e. The predicted molar refractivity (Wildman–Crippen MR) is 108 cm³/mol. The maximum atomic E-state index is 11.4. The van der Waals surface area contributed by atoms with Crippen LogP contribution in [0.3, 0.4) is 0 Å². The van der Waals surface area contributed by atoms with Gasteiger partial charge in [0.1, 0.15) is 6.10 Å². The number of hydrogen-bond acceptors (Lipinski definition) is 3. The van der Waals surface area contributed by atoms with Gasteiger partial charge in [-0.05, 0) is 81.0 Å². The summed E-state index contributed by atoms with van der Waals surface area (Å²) in [6.07, 6.45) is 15.0. The lowest BCUT2D eigenvalue weighted by molar-refractivity contribution is -0.148. The molecule has 3 heteroatoms. The highest BCUT2D eigenvalue weighted by Gasteiger charge is 2.58. The standard InChI is InChI=1S/C24H35NO2/c1-15(26)27-18-10-12-23(2)16(14-18)4-7-19-20-8-9-22(25-17-5-6-17)24(20,3)13-11-21(19)23/h4,17-21H,5-14H2,1-3H3/b25-22-/t18-,19-,20-,21-,23-,24-/m0/s1. The number of aliphatic imine (C=N–C) groups is 1. The topological polar surface area (TPSA) is 38.7 Å². The first kappa shape index (κ1) is 17.9. The van der Waals surface area contributed by atoms with Crippen molar-refractivity contribution in [2.24, 2.45) is 33.6 Å². The van der Waals surface area contributed by atoms with E-state index < -0.39 is 0 Å². The van der Waals surface area contributed by atoms with Gasteiger partial charge in [0.2, 0.25) is 0 Å². The molecular formula is C24H35NO2. The molecule has 0 aromatic rings. The highest BCUT2D eigenvalue weighted by atomic mass is 16.5. The first-order valence-corrected chi connectivity index (χ1v) is 11.3. The van der Waals surface area contributed by atoms with Crippen LogP contribution in [-0.2, 0) is 9.53 Å². The van der Waals surface area contributed by atoms with Crippen LogP contribution in [0.1, 0.15) is 85.0 Å². The van der Waals surface area contributed by atoms with Gasteiger partial charge in [-0.15, -0.1) is 0 Å². The normalized spacial score (nSPS) is 47.7. The van der Waals surface area contributed by atoms with Crippen molar-refractivity contribution in [3.05, 3.63) is 11.6 Å². The molecular weight excluding hydrogens is 334 g/mol. The van der Waals surface area contributed by atoms with Crippen molar-refractivity contribution < 1.29 is 9.53 Å². The Labute approximate surface area is 164 Å². The van der Waals surface area contributed by atoms with Crippen molar-refractivity contribution in [3.63, 3.8) is 0 Å². The lowest BCUT2D eigenvalue weighted by atomic mass is 9.48. The van der Waals surface area contributed by atoms with Gasteiger partial charge in [0, 0.05) is 24.5 Å². The van der Waals surface area contributed by atoms with Crippen LogP contribution in [0.25, 0.3) is 0 Å². The van der Waals surface area contributed by atoms with E-state index in [9.17, 15) is 4.79 Å². The molecule has 27 heavy (non-hydrogen) atoms. The Balaban J connectivity index is 1.39. The van der Waals surface area contributed by atoms with Gasteiger partial charge in [0.15, 0.2) is 0 Å². The summed E-state index contributed by atoms with van der Waals surface area (Å²) in [7, 11) is 0. The second-order valence-electron chi connectivity index (χ2n) is 10.5. The number of allylic oxidation sites excluding steroid dienone is 1. The van der Waals surface area contributed by atoms with Crippen LogP contribution >= 0.6 is 0 Å². The van der Waals surface area contributed by atoms with E-state index in [1.54, 1.807) is 18.2 Å². The number of carbonyl (C=O) groups excluding carboxylic acids is 1. The average Bonchev–Trinajstić information content (AvgIpc) is 3.37. The minimum atomic E-state index is -0.125. The van der Waals surface area contributed by atoms with Crippen LogP contribution in [0.5, 0.6) is 0 Å². The van der Waals surface area contributed by atoms with Crippen LogP contribution in [0.4, 0.5) is 0 Å². The molecule has 0 unspecified atom stereocenters. The van der Waals surface area contributed by atoms with Gasteiger partial charge < -0.3 is 4.74 Å². The molecule has 5 rings (SSSR count). The molecule has 0 heterocycles. The van der Waals surface area contributed by atoms with Crippen molar-refractivity contribution in [1.29, 1.82) is 0 Å². The lowest BCUT2D eigenvalue weighted by Crippen LogP contribution is -2.50. The van der Waals surface area contributed by atoms with Gasteiger partial charge in [-0.25, -0.2) is 0 Å². The molecule has 4 saturated carbocycles. The van der Waals surface area contributed by atoms with Crippen molar-refractivity contribution in [1.82, 2.24) is 0 Å². The zero-order valence-electron chi connectivity index (χ0n) is 17.3. The van der Waals surface area contributed by atoms with Gasteiger partial charge in [0.05, 0.1) is 6.04 Å². The number of fused-ring (bicyclic) bond motifs is 5. The smallest absolute Gasteiger partial charge is 0.302 e. The number of hydrogen-bond donors (Lipinski definition) is 0. The molecule has 5 aliphatic rings. The van der Waals surface area contributed by atoms with E-state index in [1.807, 2.05) is 0 Å². The number of carbonyl (C=O) groups is 1. The minimum Gasteiger partial charge on any atom is -0.462 e. The Kier molecular flexibility index (Phi) is 4.11. The molecule has 3 nitrogen and oxygen atoms in total. The van der Waals surface area contributed by atoms with Crippen LogP contribution < -0.4 is 0 Å². The third-order valence-electron chi connectivity index (χ3n) is 9.02. The van der Waals surface area contributed by atoms with E-state index in [0.717, 1.165) is 30.6 Å². The van der Waals surface area contributed by atoms with E-state index in [4.69, 9.17) is 9.73 Å². The summed E-state index contributed by atoms with van der Waals surface area (Å²) in [5, 5.41) is 0. The summed E-state index contributed by atoms with van der Waals surface area (Å²) in [5.74, 6) is 2.35. The maximum absolute atomic E-state index is 11.4. The molecule has 148 valence electrons. The highest BCUT2D eigenvalue weighted by Crippen LogP contribution is 2.64. The van der Waals surface area contributed by atoms with Crippen molar-refractivity contribution in [2.45, 2.75) is 97.1 Å². The summed E-state index contributed by atoms with van der Waals surface area (Å²) in [4.78, 5) is 16.6. The third kappa shape index (κ3) is 2.83. The van der Waals surface area contributed by atoms with Crippen LogP contribution in [0.2, 0.25) is 0 Å². The number of esters is 1. The molecule has 6 atom stereocenters. The molecule has 0 bridgehead atoms. The Morgan fingerprint density at radius 2 is 1.81 bits per heavy atom. The van der Waals surface area contributed by atoms with Crippen molar-refractivity contribution in [3.8, 4) is 0 Å². The van der Waals surface area contributed by atoms with Gasteiger partial charge in [-0.3, -0.25) is 9.79 Å². The summed E-state index contributed by atoms with van der Waals surface area (Å²) >= 11 is 0. The fourth-order valence-corrected chi connectivity index (χ4v) is 7.39. The van der Waals surface area contributed by atoms with E-state index in [0.29, 0.717) is 16.9 Å².